The molecule has 1 aliphatic heterocycles. The van der Waals surface area contributed by atoms with Crippen molar-refractivity contribution in [2.75, 3.05) is 26.4 Å². The normalized spacial score (nSPS) is 15.4. The fourth-order valence-corrected chi connectivity index (χ4v) is 3.23. The fraction of sp³-hybridized carbons (Fsp3) is 0.286. The minimum atomic E-state index is -1.29. The number of hydrogen-bond acceptors (Lipinski definition) is 5. The molecule has 28 heavy (non-hydrogen) atoms. The molecule has 1 heterocycles. The average Bonchev–Trinajstić information content (AvgIpc) is 2.98. The van der Waals surface area contributed by atoms with E-state index in [4.69, 9.17) is 9.47 Å². The third-order valence-corrected chi connectivity index (χ3v) is 4.50. The molecule has 146 valence electrons. The van der Waals surface area contributed by atoms with Gasteiger partial charge in [-0.3, -0.25) is 9.69 Å². The molecule has 2 aromatic carbocycles. The number of imide groups is 1. The van der Waals surface area contributed by atoms with Gasteiger partial charge in [-0.1, -0.05) is 60.7 Å². The number of carbonyl (C=O) groups excluding carboxylic acids is 3. The molecule has 3 rings (SSSR count). The van der Waals surface area contributed by atoms with Gasteiger partial charge in [0.15, 0.2) is 5.54 Å². The van der Waals surface area contributed by atoms with E-state index in [0.717, 1.165) is 4.90 Å². The predicted octanol–water partition coefficient (Wildman–Crippen LogP) is 2.06. The minimum Gasteiger partial charge on any atom is -0.464 e. The number of nitrogens with one attached hydrogen (secondary N) is 1. The molecule has 0 aromatic heterocycles. The zero-order valence-corrected chi connectivity index (χ0v) is 15.6. The first-order chi connectivity index (χ1) is 13.6. The molecule has 1 N–H and O–H groups in total. The molecule has 1 aliphatic rings. The molecule has 7 heteroatoms. The van der Waals surface area contributed by atoms with Crippen LogP contribution in [0.2, 0.25) is 0 Å². The van der Waals surface area contributed by atoms with Gasteiger partial charge in [0, 0.05) is 0 Å². The first-order valence-corrected chi connectivity index (χ1v) is 9.08. The molecule has 1 fully saturated rings. The third-order valence-electron chi connectivity index (χ3n) is 4.50. The van der Waals surface area contributed by atoms with Crippen LogP contribution in [0.3, 0.4) is 0 Å². The Bertz CT molecular complexity index is 799. The first-order valence-electron chi connectivity index (χ1n) is 9.08. The Morgan fingerprint density at radius 1 is 1.00 bits per heavy atom. The van der Waals surface area contributed by atoms with Crippen LogP contribution in [-0.2, 0) is 24.6 Å². The van der Waals surface area contributed by atoms with Crippen LogP contribution in [0.5, 0.6) is 0 Å². The summed E-state index contributed by atoms with van der Waals surface area (Å²) < 4.78 is 10.0. The van der Waals surface area contributed by atoms with Gasteiger partial charge in [0.05, 0.1) is 19.8 Å². The van der Waals surface area contributed by atoms with E-state index in [1.807, 2.05) is 60.7 Å². The summed E-state index contributed by atoms with van der Waals surface area (Å²) in [6.07, 6.45) is 0. The van der Waals surface area contributed by atoms with Crippen molar-refractivity contribution in [3.8, 4) is 0 Å². The topological polar surface area (TPSA) is 84.9 Å². The van der Waals surface area contributed by atoms with Crippen LogP contribution in [0.4, 0.5) is 4.79 Å². The molecule has 0 radical (unpaired) electrons. The Hall–Kier alpha value is -3.19. The molecule has 0 spiro atoms. The Morgan fingerprint density at radius 3 is 2.11 bits per heavy atom. The number of esters is 1. The molecule has 7 nitrogen and oxygen atoms in total. The average molecular weight is 382 g/mol. The molecule has 0 unspecified atom stereocenters. The summed E-state index contributed by atoms with van der Waals surface area (Å²) in [6, 6.07) is 17.7. The second-order valence-electron chi connectivity index (χ2n) is 6.23. The zero-order chi connectivity index (χ0) is 20.0. The summed E-state index contributed by atoms with van der Waals surface area (Å²) in [5.41, 5.74) is 0.0600. The lowest BCUT2D eigenvalue weighted by Crippen LogP contribution is -2.45. The monoisotopic (exact) mass is 382 g/mol. The van der Waals surface area contributed by atoms with E-state index >= 15 is 0 Å². The van der Waals surface area contributed by atoms with Crippen molar-refractivity contribution in [2.24, 2.45) is 0 Å². The molecule has 0 aliphatic carbocycles. The van der Waals surface area contributed by atoms with Crippen LogP contribution >= 0.6 is 0 Å². The van der Waals surface area contributed by atoms with Crippen LogP contribution < -0.4 is 5.32 Å². The van der Waals surface area contributed by atoms with Gasteiger partial charge in [-0.2, -0.15) is 0 Å². The van der Waals surface area contributed by atoms with E-state index in [1.54, 1.807) is 6.92 Å². The van der Waals surface area contributed by atoms with Gasteiger partial charge in [-0.25, -0.2) is 9.59 Å². The molecule has 1 saturated heterocycles. The number of amides is 3. The number of rotatable bonds is 8. The third kappa shape index (κ3) is 3.75. The highest BCUT2D eigenvalue weighted by atomic mass is 16.6. The molecule has 3 amide bonds. The zero-order valence-electron chi connectivity index (χ0n) is 15.6. The van der Waals surface area contributed by atoms with Crippen LogP contribution in [0, 0.1) is 0 Å². The van der Waals surface area contributed by atoms with Gasteiger partial charge < -0.3 is 14.8 Å². The first kappa shape index (κ1) is 19.6. The molecular weight excluding hydrogens is 360 g/mol. The highest BCUT2D eigenvalue weighted by Crippen LogP contribution is 2.35. The summed E-state index contributed by atoms with van der Waals surface area (Å²) >= 11 is 0. The van der Waals surface area contributed by atoms with Gasteiger partial charge in [0.2, 0.25) is 0 Å². The Balaban J connectivity index is 1.81. The standard InChI is InChI=1S/C21H22N2O5/c1-2-28-18(24)15-27-14-13-23-19(25)21(22-20(23)26,16-9-5-3-6-10-16)17-11-7-4-8-12-17/h3-12H,2,13-15H2,1H3,(H,22,26). The van der Waals surface area contributed by atoms with E-state index in [0.29, 0.717) is 11.1 Å². The summed E-state index contributed by atoms with van der Waals surface area (Å²) in [5, 5.41) is 2.86. The molecule has 0 saturated carbocycles. The van der Waals surface area contributed by atoms with Crippen molar-refractivity contribution >= 4 is 17.9 Å². The van der Waals surface area contributed by atoms with Crippen LogP contribution in [-0.4, -0.2) is 49.2 Å². The lowest BCUT2D eigenvalue weighted by atomic mass is 9.82. The lowest BCUT2D eigenvalue weighted by molar-refractivity contribution is -0.148. The Morgan fingerprint density at radius 2 is 1.57 bits per heavy atom. The van der Waals surface area contributed by atoms with E-state index < -0.39 is 17.5 Å². The number of hydrogen-bond donors (Lipinski definition) is 1. The lowest BCUT2D eigenvalue weighted by Gasteiger charge is -2.28. The van der Waals surface area contributed by atoms with Gasteiger partial charge in [0.1, 0.15) is 6.61 Å². The maximum absolute atomic E-state index is 13.4. The van der Waals surface area contributed by atoms with Crippen LogP contribution in [0.15, 0.2) is 60.7 Å². The number of nitrogens with zero attached hydrogens (tertiary/aromatic N) is 1. The van der Waals surface area contributed by atoms with Gasteiger partial charge in [-0.05, 0) is 18.1 Å². The maximum atomic E-state index is 13.4. The summed E-state index contributed by atoms with van der Waals surface area (Å²) in [4.78, 5) is 38.4. The summed E-state index contributed by atoms with van der Waals surface area (Å²) in [7, 11) is 0. The number of carbonyl (C=O) groups is 3. The van der Waals surface area contributed by atoms with E-state index in [2.05, 4.69) is 5.32 Å². The molecule has 2 aromatic rings. The van der Waals surface area contributed by atoms with Crippen molar-refractivity contribution in [1.29, 1.82) is 0 Å². The highest BCUT2D eigenvalue weighted by molar-refractivity contribution is 6.09. The highest BCUT2D eigenvalue weighted by Gasteiger charge is 2.53. The van der Waals surface area contributed by atoms with Gasteiger partial charge in [-0.15, -0.1) is 0 Å². The number of urea groups is 1. The predicted molar refractivity (Wildman–Crippen MR) is 101 cm³/mol. The Kier molecular flexibility index (Phi) is 6.06. The van der Waals surface area contributed by atoms with Crippen molar-refractivity contribution in [2.45, 2.75) is 12.5 Å². The van der Waals surface area contributed by atoms with Crippen LogP contribution in [0.1, 0.15) is 18.1 Å². The molecule has 0 bridgehead atoms. The second-order valence-corrected chi connectivity index (χ2v) is 6.23. The van der Waals surface area contributed by atoms with E-state index in [-0.39, 0.29) is 32.3 Å². The minimum absolute atomic E-state index is 0.0332. The Labute approximate surface area is 163 Å². The van der Waals surface area contributed by atoms with E-state index in [9.17, 15) is 14.4 Å². The summed E-state index contributed by atoms with van der Waals surface area (Å²) in [5.74, 6) is -0.864. The largest absolute Gasteiger partial charge is 0.464 e. The van der Waals surface area contributed by atoms with Crippen molar-refractivity contribution in [3.05, 3.63) is 71.8 Å². The molecular formula is C21H22N2O5. The maximum Gasteiger partial charge on any atom is 0.332 e. The van der Waals surface area contributed by atoms with Crippen molar-refractivity contribution < 1.29 is 23.9 Å². The smallest absolute Gasteiger partial charge is 0.332 e. The van der Waals surface area contributed by atoms with Gasteiger partial charge in [0.25, 0.3) is 5.91 Å². The fourth-order valence-electron chi connectivity index (χ4n) is 3.23. The molecule has 0 atom stereocenters. The summed E-state index contributed by atoms with van der Waals surface area (Å²) in [6.45, 7) is 1.83. The van der Waals surface area contributed by atoms with Crippen LogP contribution in [0.25, 0.3) is 0 Å². The number of benzene rings is 2. The van der Waals surface area contributed by atoms with Gasteiger partial charge >= 0.3 is 12.0 Å². The van der Waals surface area contributed by atoms with Crippen molar-refractivity contribution in [3.63, 3.8) is 0 Å². The second kappa shape index (κ2) is 8.67. The quantitative estimate of drug-likeness (QED) is 0.429. The number of ether oxygens (including phenoxy) is 2. The van der Waals surface area contributed by atoms with Crippen molar-refractivity contribution in [1.82, 2.24) is 10.2 Å². The van der Waals surface area contributed by atoms with E-state index in [1.165, 1.54) is 0 Å². The SMILES string of the molecule is CCOC(=O)COCCN1C(=O)NC(c2ccccc2)(c2ccccc2)C1=O.